The number of nitrogens with zero attached hydrogens (tertiary/aromatic N) is 2. The number of hydrogen-bond donors (Lipinski definition) is 2. The van der Waals surface area contributed by atoms with Gasteiger partial charge in [0.05, 0.1) is 6.34 Å². The van der Waals surface area contributed by atoms with Crippen LogP contribution in [0.4, 0.5) is 0 Å². The summed E-state index contributed by atoms with van der Waals surface area (Å²) in [5, 5.41) is 5.25. The zero-order chi connectivity index (χ0) is 7.84. The van der Waals surface area contributed by atoms with Gasteiger partial charge in [-0.25, -0.2) is 9.98 Å². The number of hydrogen-bond acceptors (Lipinski definition) is 4. The van der Waals surface area contributed by atoms with Gasteiger partial charge >= 0.3 is 0 Å². The summed E-state index contributed by atoms with van der Waals surface area (Å²) in [6.07, 6.45) is 1.09. The normalized spacial score (nSPS) is 33.9. The van der Waals surface area contributed by atoms with Crippen molar-refractivity contribution in [2.24, 2.45) is 9.98 Å². The van der Waals surface area contributed by atoms with Gasteiger partial charge in [0.1, 0.15) is 6.04 Å². The summed E-state index contributed by atoms with van der Waals surface area (Å²) >= 11 is 5.49. The van der Waals surface area contributed by atoms with Crippen molar-refractivity contribution >= 4 is 29.1 Å². The molecule has 0 spiro atoms. The molecule has 0 aliphatic carbocycles. The number of halogens is 1. The minimum Gasteiger partial charge on any atom is -0.361 e. The molecule has 0 saturated heterocycles. The van der Waals surface area contributed by atoms with E-state index in [1.54, 1.807) is 0 Å². The molecule has 58 valence electrons. The van der Waals surface area contributed by atoms with Gasteiger partial charge < -0.3 is 5.32 Å². The van der Waals surface area contributed by atoms with Crippen molar-refractivity contribution in [2.75, 3.05) is 0 Å². The van der Waals surface area contributed by atoms with Crippen LogP contribution in [0.3, 0.4) is 0 Å². The molecule has 2 rings (SSSR count). The van der Waals surface area contributed by atoms with E-state index >= 15 is 0 Å². The van der Waals surface area contributed by atoms with Gasteiger partial charge in [0.2, 0.25) is 0 Å². The smallest absolute Gasteiger partial charge is 0.253 e. The molecule has 2 N–H and O–H groups in total. The average molecular weight is 173 g/mol. The molecule has 0 fully saturated rings. The second kappa shape index (κ2) is 2.20. The van der Waals surface area contributed by atoms with E-state index in [0.29, 0.717) is 0 Å². The van der Waals surface area contributed by atoms with Crippen molar-refractivity contribution in [3.05, 3.63) is 0 Å². The highest BCUT2D eigenvalue weighted by Crippen LogP contribution is 2.10. The number of nitrogens with one attached hydrogen (secondary N) is 2. The van der Waals surface area contributed by atoms with Crippen LogP contribution in [-0.2, 0) is 4.79 Å². The maximum atomic E-state index is 11.1. The van der Waals surface area contributed by atoms with Gasteiger partial charge in [-0.3, -0.25) is 10.1 Å². The van der Waals surface area contributed by atoms with Gasteiger partial charge in [-0.2, -0.15) is 0 Å². The van der Waals surface area contributed by atoms with Crippen LogP contribution in [0.2, 0.25) is 0 Å². The molecule has 2 atom stereocenters. The Morgan fingerprint density at radius 2 is 2.45 bits per heavy atom. The molecule has 0 bridgehead atoms. The van der Waals surface area contributed by atoms with E-state index in [9.17, 15) is 4.79 Å². The Morgan fingerprint density at radius 3 is 3.27 bits per heavy atom. The molecule has 0 aromatic carbocycles. The summed E-state index contributed by atoms with van der Waals surface area (Å²) in [4.78, 5) is 18.8. The molecule has 2 aliphatic rings. The van der Waals surface area contributed by atoms with Crippen LogP contribution in [0.1, 0.15) is 0 Å². The van der Waals surface area contributed by atoms with Crippen molar-refractivity contribution in [2.45, 2.75) is 12.2 Å². The van der Waals surface area contributed by atoms with Gasteiger partial charge in [0, 0.05) is 0 Å². The third kappa shape index (κ3) is 0.970. The molecule has 2 heterocycles. The highest BCUT2D eigenvalue weighted by molar-refractivity contribution is 6.66. The van der Waals surface area contributed by atoms with Gasteiger partial charge in [-0.15, -0.1) is 0 Å². The maximum Gasteiger partial charge on any atom is 0.253 e. The lowest BCUT2D eigenvalue weighted by molar-refractivity contribution is -0.121. The number of amides is 1. The number of aliphatic imine (C=N–C) groups is 2. The number of fused-ring (bicyclic) bond motifs is 1. The number of carbonyl (C=O) groups is 1. The van der Waals surface area contributed by atoms with Crippen LogP contribution < -0.4 is 10.6 Å². The Morgan fingerprint density at radius 1 is 1.64 bits per heavy atom. The number of carbonyl (C=O) groups excluding carboxylic acids is 1. The summed E-state index contributed by atoms with van der Waals surface area (Å²) in [5.74, 6) is -0.187. The zero-order valence-corrected chi connectivity index (χ0v) is 6.17. The summed E-state index contributed by atoms with van der Waals surface area (Å²) in [6, 6.07) is -0.377. The van der Waals surface area contributed by atoms with E-state index in [4.69, 9.17) is 11.6 Å². The second-order valence-electron chi connectivity index (χ2n) is 2.25. The van der Waals surface area contributed by atoms with Crippen molar-refractivity contribution in [3.63, 3.8) is 0 Å². The molecule has 0 aromatic rings. The predicted molar refractivity (Wildman–Crippen MR) is 40.6 cm³/mol. The topological polar surface area (TPSA) is 65.8 Å². The minimum atomic E-state index is -0.378. The van der Waals surface area contributed by atoms with Gasteiger partial charge in [-0.05, 0) is 11.6 Å². The first-order chi connectivity index (χ1) is 5.27. The molecular formula is C5H5ClN4O. The fourth-order valence-corrected chi connectivity index (χ4v) is 1.21. The van der Waals surface area contributed by atoms with Gasteiger partial charge in [0.25, 0.3) is 5.91 Å². The highest BCUT2D eigenvalue weighted by Gasteiger charge is 2.34. The first kappa shape index (κ1) is 6.60. The maximum absolute atomic E-state index is 11.1. The third-order valence-corrected chi connectivity index (χ3v) is 1.73. The Bertz CT molecular complexity index is 261. The Balaban J connectivity index is 2.30. The summed E-state index contributed by atoms with van der Waals surface area (Å²) in [7, 11) is 0. The Kier molecular flexibility index (Phi) is 1.32. The summed E-state index contributed by atoms with van der Waals surface area (Å²) in [6.45, 7) is 0. The van der Waals surface area contributed by atoms with Crippen LogP contribution >= 0.6 is 11.6 Å². The molecule has 11 heavy (non-hydrogen) atoms. The van der Waals surface area contributed by atoms with Crippen molar-refractivity contribution in [1.82, 2.24) is 10.6 Å². The first-order valence-electron chi connectivity index (χ1n) is 3.09. The van der Waals surface area contributed by atoms with Gasteiger partial charge in [-0.1, -0.05) is 0 Å². The van der Waals surface area contributed by atoms with E-state index in [-0.39, 0.29) is 23.4 Å². The molecule has 0 unspecified atom stereocenters. The molecule has 1 amide bonds. The third-order valence-electron chi connectivity index (χ3n) is 1.53. The van der Waals surface area contributed by atoms with E-state index in [2.05, 4.69) is 20.6 Å². The quantitative estimate of drug-likeness (QED) is 0.462. The standard InChI is InChI=1S/C5H5ClN4O/c6-5-9-3-2(4(11)10-5)7-1-8-3/h1-3H,(H,7,8)(H,9,10,11)/t2-,3+/m1/s1. The zero-order valence-electron chi connectivity index (χ0n) is 5.41. The molecule has 6 heteroatoms. The molecule has 0 radical (unpaired) electrons. The Hall–Kier alpha value is -1.10. The summed E-state index contributed by atoms with van der Waals surface area (Å²) in [5.41, 5.74) is 0. The van der Waals surface area contributed by atoms with Crippen LogP contribution in [0.5, 0.6) is 0 Å². The van der Waals surface area contributed by atoms with Crippen molar-refractivity contribution < 1.29 is 4.79 Å². The predicted octanol–water partition coefficient (Wildman–Crippen LogP) is -0.963. The summed E-state index contributed by atoms with van der Waals surface area (Å²) < 4.78 is 0. The SMILES string of the molecule is O=C1NC(Cl)=N[C@@H]2N=CN[C@@H]12. The monoisotopic (exact) mass is 172 g/mol. The number of rotatable bonds is 0. The highest BCUT2D eigenvalue weighted by atomic mass is 35.5. The van der Waals surface area contributed by atoms with Crippen molar-refractivity contribution in [3.8, 4) is 0 Å². The molecule has 0 saturated carbocycles. The van der Waals surface area contributed by atoms with Crippen molar-refractivity contribution in [1.29, 1.82) is 0 Å². The lowest BCUT2D eigenvalue weighted by atomic mass is 10.2. The fraction of sp³-hybridized carbons (Fsp3) is 0.400. The van der Waals surface area contributed by atoms with Gasteiger partial charge in [0.15, 0.2) is 11.5 Å². The van der Waals surface area contributed by atoms with Crippen LogP contribution in [0.25, 0.3) is 0 Å². The Labute approximate surface area is 67.5 Å². The minimum absolute atomic E-state index is 0.108. The lowest BCUT2D eigenvalue weighted by Gasteiger charge is -2.19. The molecule has 0 aromatic heterocycles. The van der Waals surface area contributed by atoms with E-state index < -0.39 is 0 Å². The molecular weight excluding hydrogens is 168 g/mol. The molecule has 2 aliphatic heterocycles. The van der Waals surface area contributed by atoms with E-state index in [0.717, 1.165) is 0 Å². The van der Waals surface area contributed by atoms with Crippen LogP contribution in [0, 0.1) is 0 Å². The second-order valence-corrected chi connectivity index (χ2v) is 2.60. The van der Waals surface area contributed by atoms with Crippen LogP contribution in [0.15, 0.2) is 9.98 Å². The number of amidine groups is 1. The van der Waals surface area contributed by atoms with E-state index in [1.807, 2.05) is 0 Å². The fourth-order valence-electron chi connectivity index (χ4n) is 1.02. The largest absolute Gasteiger partial charge is 0.361 e. The average Bonchev–Trinajstić information content (AvgIpc) is 2.34. The molecule has 5 nitrogen and oxygen atoms in total. The first-order valence-corrected chi connectivity index (χ1v) is 3.47. The van der Waals surface area contributed by atoms with E-state index in [1.165, 1.54) is 6.34 Å². The lowest BCUT2D eigenvalue weighted by Crippen LogP contribution is -2.51. The van der Waals surface area contributed by atoms with Crippen LogP contribution in [-0.4, -0.2) is 29.7 Å².